The first-order valence-corrected chi connectivity index (χ1v) is 8.23. The number of rotatable bonds is 4. The highest BCUT2D eigenvalue weighted by atomic mass is 32.2. The molecule has 1 heterocycles. The first-order valence-electron chi connectivity index (χ1n) is 6.75. The van der Waals surface area contributed by atoms with Crippen LogP contribution in [-0.4, -0.2) is 30.5 Å². The predicted molar refractivity (Wildman–Crippen MR) is 74.0 cm³/mol. The highest BCUT2D eigenvalue weighted by Gasteiger charge is 2.31. The summed E-state index contributed by atoms with van der Waals surface area (Å²) in [5, 5.41) is 8.82. The van der Waals surface area contributed by atoms with Crippen molar-refractivity contribution in [2.75, 3.05) is 0 Å². The molecule has 0 radical (unpaired) electrons. The summed E-state index contributed by atoms with van der Waals surface area (Å²) in [7, 11) is -3.67. The Kier molecular flexibility index (Phi) is 4.19. The van der Waals surface area contributed by atoms with Crippen LogP contribution in [0.25, 0.3) is 0 Å². The average Bonchev–Trinajstić information content (AvgIpc) is 2.85. The van der Waals surface area contributed by atoms with Crippen molar-refractivity contribution in [3.63, 3.8) is 0 Å². The monoisotopic (exact) mass is 300 g/mol. The number of sulfonamides is 1. The van der Waals surface area contributed by atoms with Crippen molar-refractivity contribution in [1.82, 2.24) is 9.71 Å². The van der Waals surface area contributed by atoms with Crippen LogP contribution in [0, 0.1) is 11.8 Å². The van der Waals surface area contributed by atoms with Gasteiger partial charge in [0.15, 0.2) is 0 Å². The summed E-state index contributed by atoms with van der Waals surface area (Å²) in [5.74, 6) is -0.417. The number of aromatic carboxylic acids is 1. The van der Waals surface area contributed by atoms with E-state index in [-0.39, 0.29) is 22.5 Å². The van der Waals surface area contributed by atoms with Crippen LogP contribution in [0.2, 0.25) is 0 Å². The van der Waals surface area contributed by atoms with E-state index >= 15 is 0 Å². The molecule has 1 aromatic heterocycles. The number of carboxylic acid groups (broad SMARTS) is 1. The van der Waals surface area contributed by atoms with Crippen molar-refractivity contribution in [3.05, 3.63) is 18.0 Å². The van der Waals surface area contributed by atoms with Crippen LogP contribution in [0.3, 0.4) is 0 Å². The van der Waals surface area contributed by atoms with Gasteiger partial charge in [0.05, 0.1) is 0 Å². The fraction of sp³-hybridized carbons (Fsp3) is 0.615. The van der Waals surface area contributed by atoms with Crippen molar-refractivity contribution in [1.29, 1.82) is 0 Å². The second-order valence-corrected chi connectivity index (χ2v) is 7.26. The van der Waals surface area contributed by atoms with Crippen molar-refractivity contribution in [2.24, 2.45) is 11.8 Å². The van der Waals surface area contributed by atoms with Gasteiger partial charge in [-0.3, -0.25) is 0 Å². The number of aromatic amines is 1. The minimum atomic E-state index is -3.67. The van der Waals surface area contributed by atoms with Crippen LogP contribution in [0.15, 0.2) is 17.2 Å². The number of aromatic nitrogens is 1. The van der Waals surface area contributed by atoms with Gasteiger partial charge in [0, 0.05) is 12.2 Å². The van der Waals surface area contributed by atoms with Gasteiger partial charge in [0.1, 0.15) is 10.6 Å². The standard InChI is InChI=1S/C13H20N2O4S/c1-8-4-3-5-11(9(8)2)15-20(18,19)10-6-12(13(16)17)14-7-10/h6-9,11,14-15H,3-5H2,1-2H3,(H,16,17). The van der Waals surface area contributed by atoms with Crippen molar-refractivity contribution in [2.45, 2.75) is 44.0 Å². The molecule has 0 spiro atoms. The summed E-state index contributed by atoms with van der Waals surface area (Å²) in [6.45, 7) is 4.18. The van der Waals surface area contributed by atoms with E-state index < -0.39 is 16.0 Å². The Balaban J connectivity index is 2.16. The number of carbonyl (C=O) groups is 1. The van der Waals surface area contributed by atoms with Gasteiger partial charge in [-0.1, -0.05) is 26.7 Å². The highest BCUT2D eigenvalue weighted by Crippen LogP contribution is 2.30. The molecule has 7 heteroatoms. The van der Waals surface area contributed by atoms with Crippen LogP contribution >= 0.6 is 0 Å². The number of hydrogen-bond acceptors (Lipinski definition) is 3. The van der Waals surface area contributed by atoms with E-state index in [1.165, 1.54) is 6.20 Å². The van der Waals surface area contributed by atoms with Gasteiger partial charge in [-0.25, -0.2) is 17.9 Å². The molecular weight excluding hydrogens is 280 g/mol. The Labute approximate surface area is 118 Å². The molecule has 6 nitrogen and oxygen atoms in total. The molecule has 1 aliphatic carbocycles. The zero-order valence-electron chi connectivity index (χ0n) is 11.6. The van der Waals surface area contributed by atoms with Crippen molar-refractivity contribution >= 4 is 16.0 Å². The molecule has 1 aromatic rings. The second-order valence-electron chi connectivity index (χ2n) is 5.55. The van der Waals surface area contributed by atoms with Crippen molar-refractivity contribution in [3.8, 4) is 0 Å². The molecule has 0 saturated heterocycles. The van der Waals surface area contributed by atoms with Gasteiger partial charge in [-0.05, 0) is 24.3 Å². The zero-order valence-corrected chi connectivity index (χ0v) is 12.4. The lowest BCUT2D eigenvalue weighted by Gasteiger charge is -2.34. The summed E-state index contributed by atoms with van der Waals surface area (Å²) >= 11 is 0. The SMILES string of the molecule is CC1CCCC(NS(=O)(=O)c2c[nH]c(C(=O)O)c2)C1C. The van der Waals surface area contributed by atoms with Gasteiger partial charge in [0.25, 0.3) is 0 Å². The molecule has 0 amide bonds. The first-order chi connectivity index (χ1) is 9.31. The second kappa shape index (κ2) is 5.57. The molecule has 3 atom stereocenters. The zero-order chi connectivity index (χ0) is 14.9. The molecule has 1 saturated carbocycles. The lowest BCUT2D eigenvalue weighted by atomic mass is 9.78. The Morgan fingerprint density at radius 2 is 2.10 bits per heavy atom. The van der Waals surface area contributed by atoms with Crippen LogP contribution in [-0.2, 0) is 10.0 Å². The number of hydrogen-bond donors (Lipinski definition) is 3. The fourth-order valence-electron chi connectivity index (χ4n) is 2.67. The predicted octanol–water partition coefficient (Wildman–Crippen LogP) is 1.82. The molecule has 3 unspecified atom stereocenters. The Bertz CT molecular complexity index is 593. The largest absolute Gasteiger partial charge is 0.477 e. The maximum absolute atomic E-state index is 12.3. The maximum atomic E-state index is 12.3. The van der Waals surface area contributed by atoms with Gasteiger partial charge < -0.3 is 10.1 Å². The molecule has 0 aromatic carbocycles. The minimum Gasteiger partial charge on any atom is -0.477 e. The molecular formula is C13H20N2O4S. The van der Waals surface area contributed by atoms with E-state index in [0.29, 0.717) is 5.92 Å². The number of H-pyrrole nitrogens is 1. The van der Waals surface area contributed by atoms with Crippen molar-refractivity contribution < 1.29 is 18.3 Å². The fourth-order valence-corrected chi connectivity index (χ4v) is 4.02. The van der Waals surface area contributed by atoms with E-state index in [4.69, 9.17) is 5.11 Å². The Morgan fingerprint density at radius 3 is 2.70 bits per heavy atom. The van der Waals surface area contributed by atoms with Crippen LogP contribution < -0.4 is 4.72 Å². The summed E-state index contributed by atoms with van der Waals surface area (Å²) in [6, 6.07) is 1.05. The molecule has 112 valence electrons. The van der Waals surface area contributed by atoms with E-state index in [1.54, 1.807) is 0 Å². The molecule has 1 fully saturated rings. The first kappa shape index (κ1) is 15.1. The van der Waals surface area contributed by atoms with E-state index in [1.807, 2.05) is 0 Å². The maximum Gasteiger partial charge on any atom is 0.352 e. The number of carboxylic acids is 1. The van der Waals surface area contributed by atoms with E-state index in [0.717, 1.165) is 25.3 Å². The lowest BCUT2D eigenvalue weighted by molar-refractivity contribution is 0.0691. The van der Waals surface area contributed by atoms with Crippen LogP contribution in [0.4, 0.5) is 0 Å². The third kappa shape index (κ3) is 3.04. The van der Waals surface area contributed by atoms with Crippen LogP contribution in [0.1, 0.15) is 43.6 Å². The third-order valence-electron chi connectivity index (χ3n) is 4.21. The summed E-state index contributed by atoms with van der Waals surface area (Å²) < 4.78 is 27.2. The van der Waals surface area contributed by atoms with Crippen LogP contribution in [0.5, 0.6) is 0 Å². The van der Waals surface area contributed by atoms with E-state index in [9.17, 15) is 13.2 Å². The lowest BCUT2D eigenvalue weighted by Crippen LogP contribution is -2.43. The van der Waals surface area contributed by atoms with Gasteiger partial charge in [0.2, 0.25) is 10.0 Å². The van der Waals surface area contributed by atoms with Gasteiger partial charge in [-0.2, -0.15) is 0 Å². The normalized spacial score (nSPS) is 27.4. The number of nitrogens with one attached hydrogen (secondary N) is 2. The molecule has 3 N–H and O–H groups in total. The Hall–Kier alpha value is -1.34. The molecule has 0 bridgehead atoms. The average molecular weight is 300 g/mol. The quantitative estimate of drug-likeness (QED) is 0.789. The highest BCUT2D eigenvalue weighted by molar-refractivity contribution is 7.89. The summed E-state index contributed by atoms with van der Waals surface area (Å²) in [5.41, 5.74) is -0.129. The Morgan fingerprint density at radius 1 is 1.40 bits per heavy atom. The summed E-state index contributed by atoms with van der Waals surface area (Å²) in [4.78, 5) is 13.2. The topological polar surface area (TPSA) is 99.3 Å². The molecule has 20 heavy (non-hydrogen) atoms. The van der Waals surface area contributed by atoms with Gasteiger partial charge in [-0.15, -0.1) is 0 Å². The minimum absolute atomic E-state index is 0.0275. The van der Waals surface area contributed by atoms with E-state index in [2.05, 4.69) is 23.6 Å². The molecule has 1 aliphatic rings. The third-order valence-corrected chi connectivity index (χ3v) is 5.68. The smallest absolute Gasteiger partial charge is 0.352 e. The van der Waals surface area contributed by atoms with Gasteiger partial charge >= 0.3 is 5.97 Å². The summed E-state index contributed by atoms with van der Waals surface area (Å²) in [6.07, 6.45) is 4.16. The molecule has 0 aliphatic heterocycles. The molecule has 2 rings (SSSR count).